The van der Waals surface area contributed by atoms with Crippen LogP contribution in [0, 0.1) is 9.49 Å². The molecule has 1 aromatic heterocycles. The third kappa shape index (κ3) is 5.38. The summed E-state index contributed by atoms with van der Waals surface area (Å²) in [4.78, 5) is 14.4. The third-order valence-corrected chi connectivity index (χ3v) is 9.50. The van der Waals surface area contributed by atoms with Gasteiger partial charge in [0.15, 0.2) is 0 Å². The first-order valence-electron chi connectivity index (χ1n) is 14.0. The molecule has 0 spiro atoms. The summed E-state index contributed by atoms with van der Waals surface area (Å²) in [7, 11) is 0. The fourth-order valence-electron chi connectivity index (χ4n) is 6.69. The Hall–Kier alpha value is -1.86. The quantitative estimate of drug-likeness (QED) is 0.283. The average Bonchev–Trinajstić information content (AvgIpc) is 2.89. The first-order chi connectivity index (χ1) is 17.7. The number of rotatable bonds is 6. The van der Waals surface area contributed by atoms with Crippen LogP contribution in [0.25, 0.3) is 5.57 Å². The summed E-state index contributed by atoms with van der Waals surface area (Å²) in [5, 5.41) is 4.04. The van der Waals surface area contributed by atoms with Crippen molar-refractivity contribution >= 4 is 33.9 Å². The fraction of sp³-hybridized carbons (Fsp3) is 0.516. The van der Waals surface area contributed by atoms with Gasteiger partial charge in [-0.2, -0.15) is 0 Å². The molecule has 4 aliphatic rings. The van der Waals surface area contributed by atoms with Gasteiger partial charge < -0.3 is 5.32 Å². The molecule has 6 rings (SSSR count). The number of halogens is 1. The van der Waals surface area contributed by atoms with Gasteiger partial charge in [0.2, 0.25) is 0 Å². The number of benzene rings is 1. The maximum Gasteiger partial charge on any atom is 0.116 e. The Labute approximate surface area is 229 Å². The van der Waals surface area contributed by atoms with E-state index in [2.05, 4.69) is 69.3 Å². The first kappa shape index (κ1) is 24.5. The largest absolute Gasteiger partial charge is 0.311 e. The lowest BCUT2D eigenvalue weighted by Crippen LogP contribution is -2.41. The van der Waals surface area contributed by atoms with E-state index >= 15 is 0 Å². The molecule has 2 fully saturated rings. The second kappa shape index (κ2) is 11.3. The first-order valence-corrected chi connectivity index (χ1v) is 15.1. The summed E-state index contributed by atoms with van der Waals surface area (Å²) >= 11 is 2.39. The molecule has 1 aromatic carbocycles. The molecule has 1 unspecified atom stereocenters. The van der Waals surface area contributed by atoms with E-state index in [9.17, 15) is 0 Å². The van der Waals surface area contributed by atoms with Crippen LogP contribution in [0.5, 0.6) is 0 Å². The average molecular weight is 593 g/mol. The standard InChI is InChI=1S/C31H37IN4/c32-24-13-9-23(10-14-24)31-30(28-17-18-33-20-34-28)27(19-29(36-31)22-5-4-6-22)21-11-15-26(16-12-21)35-25-7-2-1-3-8-25/h5,9-10,13-14,17-18,20-21,25-26,29,35H,1-4,6-8,11-12,15-16,19H2. The van der Waals surface area contributed by atoms with Crippen molar-refractivity contribution < 1.29 is 0 Å². The number of nitrogens with one attached hydrogen (secondary N) is 1. The van der Waals surface area contributed by atoms with Gasteiger partial charge >= 0.3 is 0 Å². The molecular formula is C31H37IN4. The van der Waals surface area contributed by atoms with Crippen molar-refractivity contribution in [3.63, 3.8) is 0 Å². The molecule has 0 radical (unpaired) electrons. The minimum Gasteiger partial charge on any atom is -0.311 e. The van der Waals surface area contributed by atoms with E-state index in [4.69, 9.17) is 9.98 Å². The molecule has 2 saturated carbocycles. The highest BCUT2D eigenvalue weighted by Gasteiger charge is 2.35. The molecule has 2 aromatic rings. The van der Waals surface area contributed by atoms with Crippen LogP contribution < -0.4 is 5.32 Å². The fourth-order valence-corrected chi connectivity index (χ4v) is 7.05. The normalized spacial score (nSPS) is 27.3. The molecule has 0 amide bonds. The maximum absolute atomic E-state index is 5.41. The Morgan fingerprint density at radius 2 is 1.61 bits per heavy atom. The summed E-state index contributed by atoms with van der Waals surface area (Å²) in [6.07, 6.45) is 21.5. The predicted octanol–water partition coefficient (Wildman–Crippen LogP) is 7.30. The van der Waals surface area contributed by atoms with Gasteiger partial charge in [-0.15, -0.1) is 0 Å². The molecule has 0 bridgehead atoms. The lowest BCUT2D eigenvalue weighted by Gasteiger charge is -2.38. The molecule has 5 heteroatoms. The number of allylic oxidation sites excluding steroid dienone is 2. The van der Waals surface area contributed by atoms with Crippen LogP contribution in [0.2, 0.25) is 0 Å². The van der Waals surface area contributed by atoms with Gasteiger partial charge in [-0.1, -0.05) is 43.0 Å². The lowest BCUT2D eigenvalue weighted by atomic mass is 9.73. The zero-order chi connectivity index (χ0) is 24.3. The third-order valence-electron chi connectivity index (χ3n) is 8.78. The lowest BCUT2D eigenvalue weighted by molar-refractivity contribution is 0.264. The van der Waals surface area contributed by atoms with E-state index in [0.717, 1.165) is 23.9 Å². The second-order valence-corrected chi connectivity index (χ2v) is 12.3. The molecule has 36 heavy (non-hydrogen) atoms. The van der Waals surface area contributed by atoms with Crippen molar-refractivity contribution in [2.45, 2.75) is 95.2 Å². The van der Waals surface area contributed by atoms with Crippen molar-refractivity contribution in [3.05, 3.63) is 74.9 Å². The van der Waals surface area contributed by atoms with E-state index in [0.29, 0.717) is 12.0 Å². The molecular weight excluding hydrogens is 555 g/mol. The van der Waals surface area contributed by atoms with E-state index < -0.39 is 0 Å². The number of aromatic nitrogens is 2. The van der Waals surface area contributed by atoms with Crippen molar-refractivity contribution in [1.82, 2.24) is 15.3 Å². The van der Waals surface area contributed by atoms with Gasteiger partial charge in [0.25, 0.3) is 0 Å². The van der Waals surface area contributed by atoms with E-state index in [-0.39, 0.29) is 6.04 Å². The van der Waals surface area contributed by atoms with Gasteiger partial charge in [0.1, 0.15) is 6.33 Å². The maximum atomic E-state index is 5.41. The van der Waals surface area contributed by atoms with Crippen molar-refractivity contribution in [3.8, 4) is 0 Å². The minimum absolute atomic E-state index is 0.284. The number of aliphatic imine (C=N–C) groups is 1. The Morgan fingerprint density at radius 1 is 0.861 bits per heavy atom. The summed E-state index contributed by atoms with van der Waals surface area (Å²) in [5.41, 5.74) is 7.76. The van der Waals surface area contributed by atoms with Crippen molar-refractivity contribution in [1.29, 1.82) is 0 Å². The van der Waals surface area contributed by atoms with Gasteiger partial charge in [-0.25, -0.2) is 9.97 Å². The molecule has 0 saturated heterocycles. The highest BCUT2D eigenvalue weighted by Crippen LogP contribution is 2.43. The van der Waals surface area contributed by atoms with Crippen molar-refractivity contribution in [2.24, 2.45) is 10.9 Å². The van der Waals surface area contributed by atoms with Crippen LogP contribution in [0.1, 0.15) is 88.3 Å². The molecule has 1 atom stereocenters. The SMILES string of the molecule is Ic1ccc(C2=NC(C3=CCC3)CC(C3CCC(NC4CCCCC4)CC3)=C2c2ccncn2)cc1. The van der Waals surface area contributed by atoms with Crippen LogP contribution in [-0.2, 0) is 0 Å². The minimum atomic E-state index is 0.284. The topological polar surface area (TPSA) is 50.2 Å². The van der Waals surface area contributed by atoms with Crippen LogP contribution in [0.3, 0.4) is 0 Å². The van der Waals surface area contributed by atoms with Gasteiger partial charge in [0, 0.05) is 33.0 Å². The molecule has 1 aliphatic heterocycles. The van der Waals surface area contributed by atoms with Crippen molar-refractivity contribution in [2.75, 3.05) is 0 Å². The Balaban J connectivity index is 1.32. The van der Waals surface area contributed by atoms with Crippen LogP contribution in [0.4, 0.5) is 0 Å². The Bertz CT molecular complexity index is 1140. The molecule has 188 valence electrons. The monoisotopic (exact) mass is 592 g/mol. The smallest absolute Gasteiger partial charge is 0.116 e. The molecule has 1 N–H and O–H groups in total. The van der Waals surface area contributed by atoms with Gasteiger partial charge in [-0.05, 0) is 110 Å². The van der Waals surface area contributed by atoms with E-state index in [1.54, 1.807) is 11.9 Å². The van der Waals surface area contributed by atoms with E-state index in [1.165, 1.54) is 90.9 Å². The summed E-state index contributed by atoms with van der Waals surface area (Å²) in [5.74, 6) is 0.608. The highest BCUT2D eigenvalue weighted by atomic mass is 127. The predicted molar refractivity (Wildman–Crippen MR) is 156 cm³/mol. The van der Waals surface area contributed by atoms with Gasteiger partial charge in [-0.3, -0.25) is 4.99 Å². The second-order valence-electron chi connectivity index (χ2n) is 11.1. The number of dihydropyridines is 1. The van der Waals surface area contributed by atoms with Crippen LogP contribution in [-0.4, -0.2) is 33.8 Å². The molecule has 4 nitrogen and oxygen atoms in total. The Kier molecular flexibility index (Phi) is 7.65. The summed E-state index contributed by atoms with van der Waals surface area (Å²) in [6, 6.07) is 12.7. The van der Waals surface area contributed by atoms with E-state index in [1.807, 2.05) is 6.20 Å². The highest BCUT2D eigenvalue weighted by molar-refractivity contribution is 14.1. The van der Waals surface area contributed by atoms with Crippen LogP contribution in [0.15, 0.2) is 65.1 Å². The number of nitrogens with zero attached hydrogens (tertiary/aromatic N) is 3. The molecule has 3 aliphatic carbocycles. The summed E-state index contributed by atoms with van der Waals surface area (Å²) < 4.78 is 1.25. The zero-order valence-corrected chi connectivity index (χ0v) is 23.3. The number of hydrogen-bond donors (Lipinski definition) is 1. The van der Waals surface area contributed by atoms with Gasteiger partial charge in [0.05, 0.1) is 17.4 Å². The summed E-state index contributed by atoms with van der Waals surface area (Å²) in [6.45, 7) is 0. The van der Waals surface area contributed by atoms with Crippen LogP contribution >= 0.6 is 22.6 Å². The zero-order valence-electron chi connectivity index (χ0n) is 21.1. The molecule has 2 heterocycles. The Morgan fingerprint density at radius 3 is 2.28 bits per heavy atom. The number of hydrogen-bond acceptors (Lipinski definition) is 4.